The van der Waals surface area contributed by atoms with Gasteiger partial charge in [0.2, 0.25) is 0 Å². The minimum absolute atomic E-state index is 0.539. The highest BCUT2D eigenvalue weighted by Gasteiger charge is 2.10. The largest absolute Gasteiger partial charge is 0.495 e. The van der Waals surface area contributed by atoms with Gasteiger partial charge in [0, 0.05) is 24.4 Å². The number of halogens is 1. The normalized spacial score (nSPS) is 10.8. The average Bonchev–Trinajstić information content (AvgIpc) is 2.46. The summed E-state index contributed by atoms with van der Waals surface area (Å²) in [5.41, 5.74) is 1.90. The third-order valence-corrected chi connectivity index (χ3v) is 3.36. The van der Waals surface area contributed by atoms with Gasteiger partial charge in [-0.1, -0.05) is 25.4 Å². The Balaban J connectivity index is 2.44. The van der Waals surface area contributed by atoms with Gasteiger partial charge in [-0.25, -0.2) is 9.97 Å². The van der Waals surface area contributed by atoms with Crippen LogP contribution in [0, 0.1) is 5.92 Å². The number of anilines is 1. The van der Waals surface area contributed by atoms with Gasteiger partial charge in [-0.3, -0.25) is 0 Å². The topological polar surface area (TPSA) is 47.0 Å². The number of ether oxygens (including phenoxy) is 1. The van der Waals surface area contributed by atoms with Crippen molar-refractivity contribution in [3.8, 4) is 17.1 Å². The Morgan fingerprint density at radius 3 is 2.57 bits per heavy atom. The molecule has 5 heteroatoms. The van der Waals surface area contributed by atoms with Crippen LogP contribution in [-0.2, 0) is 6.42 Å². The van der Waals surface area contributed by atoms with E-state index in [-0.39, 0.29) is 0 Å². The zero-order valence-electron chi connectivity index (χ0n) is 12.8. The molecule has 0 aliphatic heterocycles. The molecule has 0 spiro atoms. The summed E-state index contributed by atoms with van der Waals surface area (Å²) in [7, 11) is 3.45. The van der Waals surface area contributed by atoms with Gasteiger partial charge < -0.3 is 10.1 Å². The van der Waals surface area contributed by atoms with E-state index in [2.05, 4.69) is 29.1 Å². The van der Waals surface area contributed by atoms with Gasteiger partial charge in [0.15, 0.2) is 5.82 Å². The Morgan fingerprint density at radius 2 is 2.00 bits per heavy atom. The van der Waals surface area contributed by atoms with E-state index < -0.39 is 0 Å². The molecule has 0 saturated heterocycles. The number of hydrogen-bond donors (Lipinski definition) is 1. The minimum Gasteiger partial charge on any atom is -0.495 e. The Bertz CT molecular complexity index is 629. The van der Waals surface area contributed by atoms with Crippen molar-refractivity contribution < 1.29 is 4.74 Å². The maximum absolute atomic E-state index is 6.18. The second-order valence-corrected chi connectivity index (χ2v) is 5.67. The Morgan fingerprint density at radius 1 is 1.24 bits per heavy atom. The predicted molar refractivity (Wildman–Crippen MR) is 87.1 cm³/mol. The molecule has 1 heterocycles. The number of hydrogen-bond acceptors (Lipinski definition) is 4. The first-order valence-electron chi connectivity index (χ1n) is 6.93. The van der Waals surface area contributed by atoms with Crippen molar-refractivity contribution in [2.24, 2.45) is 5.92 Å². The van der Waals surface area contributed by atoms with E-state index in [0.717, 1.165) is 23.5 Å². The van der Waals surface area contributed by atoms with Crippen LogP contribution in [0.1, 0.15) is 19.5 Å². The summed E-state index contributed by atoms with van der Waals surface area (Å²) in [6, 6.07) is 7.55. The second kappa shape index (κ2) is 6.76. The first-order chi connectivity index (χ1) is 10.0. The SMILES string of the molecule is CNc1cc(CC(C)C)nc(-c2ccc(OC)c(Cl)c2)n1. The number of methoxy groups -OCH3 is 1. The summed E-state index contributed by atoms with van der Waals surface area (Å²) < 4.78 is 5.17. The monoisotopic (exact) mass is 305 g/mol. The van der Waals surface area contributed by atoms with Crippen molar-refractivity contribution in [2.75, 3.05) is 19.5 Å². The molecule has 0 radical (unpaired) electrons. The fourth-order valence-corrected chi connectivity index (χ4v) is 2.34. The quantitative estimate of drug-likeness (QED) is 0.905. The molecule has 2 aromatic rings. The third-order valence-electron chi connectivity index (χ3n) is 3.06. The van der Waals surface area contributed by atoms with E-state index in [1.165, 1.54) is 0 Å². The van der Waals surface area contributed by atoms with E-state index in [4.69, 9.17) is 16.3 Å². The first kappa shape index (κ1) is 15.6. The third kappa shape index (κ3) is 3.85. The van der Waals surface area contributed by atoms with Gasteiger partial charge in [-0.05, 0) is 30.5 Å². The van der Waals surface area contributed by atoms with E-state index in [1.54, 1.807) is 7.11 Å². The maximum Gasteiger partial charge on any atom is 0.161 e. The maximum atomic E-state index is 6.18. The lowest BCUT2D eigenvalue weighted by Crippen LogP contribution is -2.03. The van der Waals surface area contributed by atoms with E-state index in [0.29, 0.717) is 22.5 Å². The summed E-state index contributed by atoms with van der Waals surface area (Å²) in [6.07, 6.45) is 0.911. The van der Waals surface area contributed by atoms with Crippen molar-refractivity contribution >= 4 is 17.4 Å². The predicted octanol–water partition coefficient (Wildman–Crippen LogP) is 4.05. The zero-order chi connectivity index (χ0) is 15.4. The number of rotatable bonds is 5. The molecular weight excluding hydrogens is 286 g/mol. The van der Waals surface area contributed by atoms with Crippen LogP contribution in [0.4, 0.5) is 5.82 Å². The van der Waals surface area contributed by atoms with Crippen LogP contribution < -0.4 is 10.1 Å². The van der Waals surface area contributed by atoms with Gasteiger partial charge in [0.05, 0.1) is 12.1 Å². The standard InChI is InChI=1S/C16H20ClN3O/c1-10(2)7-12-9-15(18-3)20-16(19-12)11-5-6-14(21-4)13(17)8-11/h5-6,8-10H,7H2,1-4H3,(H,18,19,20). The molecule has 112 valence electrons. The first-order valence-corrected chi connectivity index (χ1v) is 7.31. The molecule has 0 fully saturated rings. The average molecular weight is 306 g/mol. The Labute approximate surface area is 130 Å². The summed E-state index contributed by atoms with van der Waals surface area (Å²) >= 11 is 6.18. The molecule has 0 amide bonds. The van der Waals surface area contributed by atoms with Gasteiger partial charge in [-0.2, -0.15) is 0 Å². The van der Waals surface area contributed by atoms with Crippen molar-refractivity contribution in [1.29, 1.82) is 0 Å². The molecule has 21 heavy (non-hydrogen) atoms. The van der Waals surface area contributed by atoms with E-state index in [1.807, 2.05) is 31.3 Å². The summed E-state index contributed by atoms with van der Waals surface area (Å²) in [4.78, 5) is 9.14. The number of benzene rings is 1. The fourth-order valence-electron chi connectivity index (χ4n) is 2.08. The summed E-state index contributed by atoms with van der Waals surface area (Å²) in [5.74, 6) is 2.66. The van der Waals surface area contributed by atoms with Crippen LogP contribution in [0.15, 0.2) is 24.3 Å². The molecular formula is C16H20ClN3O. The van der Waals surface area contributed by atoms with E-state index >= 15 is 0 Å². The Hall–Kier alpha value is -1.81. The smallest absolute Gasteiger partial charge is 0.161 e. The molecule has 2 rings (SSSR count). The van der Waals surface area contributed by atoms with Crippen LogP contribution in [0.25, 0.3) is 11.4 Å². The lowest BCUT2D eigenvalue weighted by Gasteiger charge is -2.10. The lowest BCUT2D eigenvalue weighted by molar-refractivity contribution is 0.415. The summed E-state index contributed by atoms with van der Waals surface area (Å²) in [6.45, 7) is 4.34. The van der Waals surface area contributed by atoms with Gasteiger partial charge in [0.25, 0.3) is 0 Å². The lowest BCUT2D eigenvalue weighted by atomic mass is 10.1. The van der Waals surface area contributed by atoms with Gasteiger partial charge >= 0.3 is 0 Å². The fraction of sp³-hybridized carbons (Fsp3) is 0.375. The summed E-state index contributed by atoms with van der Waals surface area (Å²) in [5, 5.41) is 3.63. The van der Waals surface area contributed by atoms with Crippen molar-refractivity contribution in [2.45, 2.75) is 20.3 Å². The van der Waals surface area contributed by atoms with E-state index in [9.17, 15) is 0 Å². The molecule has 1 N–H and O–H groups in total. The molecule has 4 nitrogen and oxygen atoms in total. The highest BCUT2D eigenvalue weighted by Crippen LogP contribution is 2.29. The highest BCUT2D eigenvalue weighted by atomic mass is 35.5. The Kier molecular flexibility index (Phi) is 5.02. The molecule has 0 aliphatic carbocycles. The van der Waals surface area contributed by atoms with Gasteiger partial charge in [-0.15, -0.1) is 0 Å². The molecule has 0 atom stereocenters. The number of aromatic nitrogens is 2. The molecule has 0 bridgehead atoms. The van der Waals surface area contributed by atoms with Crippen LogP contribution in [0.5, 0.6) is 5.75 Å². The van der Waals surface area contributed by atoms with Crippen LogP contribution in [0.3, 0.4) is 0 Å². The van der Waals surface area contributed by atoms with Gasteiger partial charge in [0.1, 0.15) is 11.6 Å². The molecule has 1 aromatic carbocycles. The second-order valence-electron chi connectivity index (χ2n) is 5.27. The van der Waals surface area contributed by atoms with Crippen LogP contribution in [-0.4, -0.2) is 24.1 Å². The number of nitrogens with one attached hydrogen (secondary N) is 1. The van der Waals surface area contributed by atoms with Crippen molar-refractivity contribution in [3.05, 3.63) is 35.0 Å². The highest BCUT2D eigenvalue weighted by molar-refractivity contribution is 6.32. The van der Waals surface area contributed by atoms with Crippen molar-refractivity contribution in [3.63, 3.8) is 0 Å². The minimum atomic E-state index is 0.539. The molecule has 0 unspecified atom stereocenters. The number of nitrogens with zero attached hydrogens (tertiary/aromatic N) is 2. The zero-order valence-corrected chi connectivity index (χ0v) is 13.5. The van der Waals surface area contributed by atoms with Crippen LogP contribution in [0.2, 0.25) is 5.02 Å². The molecule has 1 aromatic heterocycles. The molecule has 0 saturated carbocycles. The molecule has 0 aliphatic rings. The van der Waals surface area contributed by atoms with Crippen molar-refractivity contribution in [1.82, 2.24) is 9.97 Å². The van der Waals surface area contributed by atoms with Crippen LogP contribution >= 0.6 is 11.6 Å².